The van der Waals surface area contributed by atoms with E-state index in [1.807, 2.05) is 0 Å². The molecular formula is C68H48. The molecule has 0 saturated heterocycles. The zero-order chi connectivity index (χ0) is 45.5. The molecule has 12 aromatic carbocycles. The van der Waals surface area contributed by atoms with Gasteiger partial charge in [-0.25, -0.2) is 0 Å². The van der Waals surface area contributed by atoms with Crippen molar-refractivity contribution in [3.05, 3.63) is 241 Å². The van der Waals surface area contributed by atoms with Gasteiger partial charge in [-0.1, -0.05) is 204 Å². The molecule has 320 valence electrons. The van der Waals surface area contributed by atoms with E-state index in [4.69, 9.17) is 0 Å². The maximum atomic E-state index is 2.46. The first-order valence-electron chi connectivity index (χ1n) is 24.1. The normalized spacial score (nSPS) is 14.1. The minimum atomic E-state index is -0.134. The van der Waals surface area contributed by atoms with Crippen LogP contribution in [-0.2, 0) is 10.8 Å². The third kappa shape index (κ3) is 5.61. The van der Waals surface area contributed by atoms with Crippen LogP contribution in [0.2, 0.25) is 0 Å². The minimum Gasteiger partial charge on any atom is -0.0619 e. The molecule has 0 bridgehead atoms. The first-order chi connectivity index (χ1) is 33.2. The fraction of sp³-hybridized carbons (Fsp3) is 0.0882. The molecule has 2 aliphatic carbocycles. The van der Waals surface area contributed by atoms with E-state index in [0.717, 1.165) is 0 Å². The largest absolute Gasteiger partial charge is 0.0619 e. The van der Waals surface area contributed by atoms with E-state index in [1.54, 1.807) is 0 Å². The second-order valence-corrected chi connectivity index (χ2v) is 20.4. The van der Waals surface area contributed by atoms with Crippen molar-refractivity contribution in [3.8, 4) is 66.8 Å². The fourth-order valence-corrected chi connectivity index (χ4v) is 12.5. The Balaban J connectivity index is 0.789. The summed E-state index contributed by atoms with van der Waals surface area (Å²) in [6.45, 7) is 9.53. The van der Waals surface area contributed by atoms with Crippen molar-refractivity contribution >= 4 is 53.9 Å². The van der Waals surface area contributed by atoms with Crippen LogP contribution in [0.5, 0.6) is 0 Å². The van der Waals surface area contributed by atoms with Crippen molar-refractivity contribution in [1.29, 1.82) is 0 Å². The lowest BCUT2D eigenvalue weighted by Gasteiger charge is -2.23. The van der Waals surface area contributed by atoms with E-state index < -0.39 is 0 Å². The van der Waals surface area contributed by atoms with E-state index in [0.29, 0.717) is 0 Å². The summed E-state index contributed by atoms with van der Waals surface area (Å²) in [6, 6.07) is 82.5. The monoisotopic (exact) mass is 864 g/mol. The Labute approximate surface area is 397 Å². The smallest absolute Gasteiger partial charge is 0.0159 e. The topological polar surface area (TPSA) is 0 Å². The van der Waals surface area contributed by atoms with Gasteiger partial charge in [0.25, 0.3) is 0 Å². The molecule has 2 aliphatic rings. The summed E-state index contributed by atoms with van der Waals surface area (Å²) in [5.74, 6) is 0. The maximum Gasteiger partial charge on any atom is 0.0159 e. The third-order valence-corrected chi connectivity index (χ3v) is 16.0. The quantitative estimate of drug-likeness (QED) is 0.155. The lowest BCUT2D eigenvalue weighted by atomic mass is 9.80. The molecule has 0 radical (unpaired) electrons. The Kier molecular flexibility index (Phi) is 8.19. The van der Waals surface area contributed by atoms with Gasteiger partial charge in [0.05, 0.1) is 0 Å². The molecule has 0 fully saturated rings. The van der Waals surface area contributed by atoms with Crippen LogP contribution in [0.1, 0.15) is 49.9 Å². The molecule has 14 rings (SSSR count). The van der Waals surface area contributed by atoms with E-state index in [2.05, 4.69) is 246 Å². The van der Waals surface area contributed by atoms with Gasteiger partial charge in [-0.2, -0.15) is 0 Å². The molecule has 0 unspecified atom stereocenters. The lowest BCUT2D eigenvalue weighted by Crippen LogP contribution is -2.15. The molecule has 0 spiro atoms. The van der Waals surface area contributed by atoms with Crippen molar-refractivity contribution in [1.82, 2.24) is 0 Å². The minimum absolute atomic E-state index is 0.0237. The van der Waals surface area contributed by atoms with Gasteiger partial charge < -0.3 is 0 Å². The zero-order valence-corrected chi connectivity index (χ0v) is 38.8. The zero-order valence-electron chi connectivity index (χ0n) is 38.8. The first-order valence-corrected chi connectivity index (χ1v) is 24.1. The number of fused-ring (bicyclic) bond motifs is 15. The molecule has 0 nitrogen and oxygen atoms in total. The first kappa shape index (κ1) is 39.1. The maximum absolute atomic E-state index is 2.46. The highest BCUT2D eigenvalue weighted by atomic mass is 14.4. The molecule has 0 heterocycles. The van der Waals surface area contributed by atoms with Crippen molar-refractivity contribution in [3.63, 3.8) is 0 Å². The van der Waals surface area contributed by atoms with Crippen molar-refractivity contribution in [2.45, 2.75) is 38.5 Å². The highest BCUT2D eigenvalue weighted by molar-refractivity contribution is 6.33. The van der Waals surface area contributed by atoms with Gasteiger partial charge in [0.1, 0.15) is 0 Å². The second kappa shape index (κ2) is 14.2. The fourth-order valence-electron chi connectivity index (χ4n) is 12.5. The van der Waals surface area contributed by atoms with Gasteiger partial charge in [-0.05, 0) is 185 Å². The second-order valence-electron chi connectivity index (χ2n) is 20.4. The van der Waals surface area contributed by atoms with Gasteiger partial charge in [-0.15, -0.1) is 0 Å². The van der Waals surface area contributed by atoms with Crippen LogP contribution in [-0.4, -0.2) is 0 Å². The van der Waals surface area contributed by atoms with Crippen LogP contribution in [0.4, 0.5) is 0 Å². The Morgan fingerprint density at radius 1 is 0.221 bits per heavy atom. The van der Waals surface area contributed by atoms with Crippen molar-refractivity contribution in [2.24, 2.45) is 0 Å². The predicted molar refractivity (Wildman–Crippen MR) is 291 cm³/mol. The Morgan fingerprint density at radius 2 is 0.603 bits per heavy atom. The van der Waals surface area contributed by atoms with Crippen LogP contribution in [0.15, 0.2) is 218 Å². The highest BCUT2D eigenvalue weighted by Crippen LogP contribution is 2.53. The SMILES string of the molecule is CC1(C)c2ccccc2-c2ccc(-c3ccc4c(c3)C(C)(C)c3cc(-c5ccc6cc(-c7cccc(-c8cc9c%10ccccc%10c%10ccccc%10c9c9ccccc89)c7)ccc6c5)ccc3-4)cc21. The molecule has 0 heteroatoms. The summed E-state index contributed by atoms with van der Waals surface area (Å²) in [5, 5.41) is 12.9. The molecule has 0 aromatic heterocycles. The van der Waals surface area contributed by atoms with E-state index >= 15 is 0 Å². The lowest BCUT2D eigenvalue weighted by molar-refractivity contribution is 0.659. The Morgan fingerprint density at radius 3 is 1.18 bits per heavy atom. The molecule has 68 heavy (non-hydrogen) atoms. The third-order valence-electron chi connectivity index (χ3n) is 16.0. The molecule has 12 aromatic rings. The van der Waals surface area contributed by atoms with Crippen LogP contribution in [0.3, 0.4) is 0 Å². The van der Waals surface area contributed by atoms with E-state index in [1.165, 1.54) is 143 Å². The molecule has 0 amide bonds. The molecule has 0 aliphatic heterocycles. The van der Waals surface area contributed by atoms with Crippen LogP contribution in [0, 0.1) is 0 Å². The Bertz CT molecular complexity index is 4140. The average molecular weight is 865 g/mol. The van der Waals surface area contributed by atoms with Crippen LogP contribution < -0.4 is 0 Å². The van der Waals surface area contributed by atoms with Gasteiger partial charge in [0.2, 0.25) is 0 Å². The van der Waals surface area contributed by atoms with Crippen LogP contribution >= 0.6 is 0 Å². The average Bonchev–Trinajstić information content (AvgIpc) is 3.76. The number of hydrogen-bond donors (Lipinski definition) is 0. The van der Waals surface area contributed by atoms with E-state index in [-0.39, 0.29) is 10.8 Å². The number of benzene rings is 12. The number of hydrogen-bond acceptors (Lipinski definition) is 0. The predicted octanol–water partition coefficient (Wildman–Crippen LogP) is 18.7. The molecule has 0 saturated carbocycles. The van der Waals surface area contributed by atoms with Gasteiger partial charge in [0, 0.05) is 10.8 Å². The van der Waals surface area contributed by atoms with Crippen LogP contribution in [0.25, 0.3) is 121 Å². The summed E-state index contributed by atoms with van der Waals surface area (Å²) >= 11 is 0. The summed E-state index contributed by atoms with van der Waals surface area (Å²) in [7, 11) is 0. The summed E-state index contributed by atoms with van der Waals surface area (Å²) in [4.78, 5) is 0. The molecule has 0 N–H and O–H groups in total. The van der Waals surface area contributed by atoms with Gasteiger partial charge >= 0.3 is 0 Å². The van der Waals surface area contributed by atoms with E-state index in [9.17, 15) is 0 Å². The van der Waals surface area contributed by atoms with Crippen molar-refractivity contribution < 1.29 is 0 Å². The summed E-state index contributed by atoms with van der Waals surface area (Å²) in [5.41, 5.74) is 20.9. The number of rotatable bonds is 4. The standard InChI is InChI=1S/C68H48/c1-67(2)62-23-12-11-20-54(62)55-31-29-47(38-63(55)67)48-30-33-57-56-32-28-46(37-64(56)68(3,4)65(57)39-48)45-27-26-43-34-42(24-25-44(43)35-45)41-14-13-15-49(36-41)60-40-61-52-18-6-5-16-50(52)51-17-7-9-21-58(51)66(61)59-22-10-8-19-53(59)60/h5-40H,1-4H3. The molecule has 0 atom stereocenters. The van der Waals surface area contributed by atoms with Crippen molar-refractivity contribution in [2.75, 3.05) is 0 Å². The molecular weight excluding hydrogens is 817 g/mol. The summed E-state index contributed by atoms with van der Waals surface area (Å²) in [6.07, 6.45) is 0. The van der Waals surface area contributed by atoms with Gasteiger partial charge in [-0.3, -0.25) is 0 Å². The van der Waals surface area contributed by atoms with Gasteiger partial charge in [0.15, 0.2) is 0 Å². The summed E-state index contributed by atoms with van der Waals surface area (Å²) < 4.78 is 0. The highest BCUT2D eigenvalue weighted by Gasteiger charge is 2.37. The Hall–Kier alpha value is -8.06.